The van der Waals surface area contributed by atoms with E-state index in [4.69, 9.17) is 0 Å². The average molecular weight is 347 g/mol. The number of anilines is 2. The summed E-state index contributed by atoms with van der Waals surface area (Å²) in [5.74, 6) is 0.889. The van der Waals surface area contributed by atoms with Crippen molar-refractivity contribution in [3.8, 4) is 16.9 Å². The van der Waals surface area contributed by atoms with Crippen LogP contribution in [-0.2, 0) is 6.42 Å². The van der Waals surface area contributed by atoms with E-state index in [0.29, 0.717) is 11.5 Å². The first-order valence-corrected chi connectivity index (χ1v) is 9.00. The van der Waals surface area contributed by atoms with Gasteiger partial charge in [-0.3, -0.25) is 0 Å². The van der Waals surface area contributed by atoms with Crippen LogP contribution in [0.4, 0.5) is 11.5 Å². The van der Waals surface area contributed by atoms with Crippen LogP contribution in [0.1, 0.15) is 12.5 Å². The van der Waals surface area contributed by atoms with Gasteiger partial charge >= 0.3 is 0 Å². The van der Waals surface area contributed by atoms with Crippen LogP contribution in [-0.4, -0.2) is 15.1 Å². The van der Waals surface area contributed by atoms with Gasteiger partial charge in [-0.05, 0) is 29.7 Å². The predicted octanol–water partition coefficient (Wildman–Crippen LogP) is 5.37. The van der Waals surface area contributed by atoms with Gasteiger partial charge in [0.2, 0.25) is 0 Å². The molecule has 0 aliphatic heterocycles. The molecule has 0 atom stereocenters. The summed E-state index contributed by atoms with van der Waals surface area (Å²) >= 11 is 1.59. The number of thiophene rings is 1. The number of hydrogen-bond acceptors (Lipinski definition) is 5. The summed E-state index contributed by atoms with van der Waals surface area (Å²) in [6.45, 7) is 2.15. The number of aromatic nitrogens is 2. The third-order valence-corrected chi connectivity index (χ3v) is 5.09. The molecule has 0 aliphatic rings. The maximum atomic E-state index is 10.0. The zero-order valence-corrected chi connectivity index (χ0v) is 14.5. The maximum Gasteiger partial charge on any atom is 0.143 e. The van der Waals surface area contributed by atoms with Crippen LogP contribution in [0.15, 0.2) is 60.2 Å². The Morgan fingerprint density at radius 3 is 2.60 bits per heavy atom. The zero-order valence-electron chi connectivity index (χ0n) is 13.7. The van der Waals surface area contributed by atoms with Gasteiger partial charge in [0, 0.05) is 10.9 Å². The number of phenols is 1. The summed E-state index contributed by atoms with van der Waals surface area (Å²) in [7, 11) is 0. The number of nitrogens with zero attached hydrogens (tertiary/aromatic N) is 2. The molecule has 0 aliphatic carbocycles. The van der Waals surface area contributed by atoms with E-state index < -0.39 is 0 Å². The Kier molecular flexibility index (Phi) is 4.07. The van der Waals surface area contributed by atoms with Crippen LogP contribution in [0.25, 0.3) is 21.3 Å². The van der Waals surface area contributed by atoms with E-state index in [1.54, 1.807) is 29.8 Å². The lowest BCUT2D eigenvalue weighted by molar-refractivity contribution is 0.478. The highest BCUT2D eigenvalue weighted by atomic mass is 32.1. The molecule has 0 bridgehead atoms. The average Bonchev–Trinajstić information content (AvgIpc) is 3.09. The number of benzene rings is 2. The first-order chi connectivity index (χ1) is 12.3. The molecule has 0 spiro atoms. The van der Waals surface area contributed by atoms with Crippen molar-refractivity contribution in [2.45, 2.75) is 13.3 Å². The van der Waals surface area contributed by atoms with Crippen molar-refractivity contribution >= 4 is 33.1 Å². The molecule has 4 rings (SSSR count). The number of rotatable bonds is 4. The molecule has 124 valence electrons. The van der Waals surface area contributed by atoms with Crippen LogP contribution in [0, 0.1) is 0 Å². The van der Waals surface area contributed by atoms with Crippen molar-refractivity contribution in [2.24, 2.45) is 0 Å². The van der Waals surface area contributed by atoms with Crippen molar-refractivity contribution in [1.82, 2.24) is 9.97 Å². The van der Waals surface area contributed by atoms with Crippen LogP contribution < -0.4 is 5.32 Å². The monoisotopic (exact) mass is 347 g/mol. The third kappa shape index (κ3) is 2.94. The first kappa shape index (κ1) is 15.6. The number of para-hydroxylation sites is 2. The van der Waals surface area contributed by atoms with Gasteiger partial charge < -0.3 is 10.4 Å². The van der Waals surface area contributed by atoms with Gasteiger partial charge in [-0.15, -0.1) is 11.3 Å². The van der Waals surface area contributed by atoms with E-state index in [1.807, 2.05) is 12.1 Å². The normalized spacial score (nSPS) is 10.9. The summed E-state index contributed by atoms with van der Waals surface area (Å²) in [6.07, 6.45) is 2.57. The third-order valence-electron chi connectivity index (χ3n) is 4.20. The van der Waals surface area contributed by atoms with Crippen LogP contribution in [0.3, 0.4) is 0 Å². The minimum absolute atomic E-state index is 0.193. The maximum absolute atomic E-state index is 10.0. The Morgan fingerprint density at radius 2 is 1.84 bits per heavy atom. The highest BCUT2D eigenvalue weighted by Gasteiger charge is 2.14. The number of hydrogen-bond donors (Lipinski definition) is 2. The molecule has 25 heavy (non-hydrogen) atoms. The lowest BCUT2D eigenvalue weighted by Crippen LogP contribution is -1.95. The van der Waals surface area contributed by atoms with Gasteiger partial charge in [0.15, 0.2) is 0 Å². The van der Waals surface area contributed by atoms with Crippen LogP contribution in [0.5, 0.6) is 5.75 Å². The van der Waals surface area contributed by atoms with Crippen molar-refractivity contribution < 1.29 is 5.11 Å². The van der Waals surface area contributed by atoms with Crippen molar-refractivity contribution in [1.29, 1.82) is 0 Å². The Labute approximate surface area is 149 Å². The molecule has 0 amide bonds. The van der Waals surface area contributed by atoms with Crippen molar-refractivity contribution in [2.75, 3.05) is 5.32 Å². The number of aryl methyl sites for hydroxylation is 1. The standard InChI is InChI=1S/C20H17N3OS/c1-2-13-7-9-14(10-8-13)15-11-25-20-18(15)19(21-12-22-20)23-16-5-3-4-6-17(16)24/h3-12,24H,2H2,1H3,(H,21,22,23). The van der Waals surface area contributed by atoms with E-state index in [0.717, 1.165) is 27.8 Å². The minimum atomic E-state index is 0.193. The molecule has 4 aromatic rings. The second-order valence-corrected chi connectivity index (χ2v) is 6.60. The molecule has 0 radical (unpaired) electrons. The second kappa shape index (κ2) is 6.53. The van der Waals surface area contributed by atoms with E-state index in [9.17, 15) is 5.11 Å². The van der Waals surface area contributed by atoms with Crippen molar-refractivity contribution in [3.63, 3.8) is 0 Å². The molecule has 5 heteroatoms. The highest BCUT2D eigenvalue weighted by molar-refractivity contribution is 7.17. The second-order valence-electron chi connectivity index (χ2n) is 5.74. The molecule has 0 unspecified atom stereocenters. The molecule has 0 fully saturated rings. The molecule has 0 saturated carbocycles. The largest absolute Gasteiger partial charge is 0.506 e. The van der Waals surface area contributed by atoms with E-state index >= 15 is 0 Å². The topological polar surface area (TPSA) is 58.0 Å². The molecular weight excluding hydrogens is 330 g/mol. The molecule has 2 N–H and O–H groups in total. The van der Waals surface area contributed by atoms with Crippen LogP contribution in [0.2, 0.25) is 0 Å². The minimum Gasteiger partial charge on any atom is -0.506 e. The highest BCUT2D eigenvalue weighted by Crippen LogP contribution is 2.38. The van der Waals surface area contributed by atoms with Gasteiger partial charge in [-0.1, -0.05) is 43.3 Å². The van der Waals surface area contributed by atoms with Crippen molar-refractivity contribution in [3.05, 3.63) is 65.8 Å². The zero-order chi connectivity index (χ0) is 17.2. The predicted molar refractivity (Wildman–Crippen MR) is 104 cm³/mol. The Bertz CT molecular complexity index is 1020. The first-order valence-electron chi connectivity index (χ1n) is 8.13. The smallest absolute Gasteiger partial charge is 0.143 e. The molecule has 2 aromatic carbocycles. The molecular formula is C20H17N3OS. The summed E-state index contributed by atoms with van der Waals surface area (Å²) in [4.78, 5) is 9.72. The lowest BCUT2D eigenvalue weighted by atomic mass is 10.0. The Hall–Kier alpha value is -2.92. The van der Waals surface area contributed by atoms with E-state index in [2.05, 4.69) is 51.9 Å². The number of fused-ring (bicyclic) bond motifs is 1. The molecule has 2 aromatic heterocycles. The molecule has 2 heterocycles. The fourth-order valence-electron chi connectivity index (χ4n) is 2.81. The molecule has 0 saturated heterocycles. The van der Waals surface area contributed by atoms with Gasteiger partial charge in [-0.2, -0.15) is 0 Å². The summed E-state index contributed by atoms with van der Waals surface area (Å²) in [5, 5.41) is 16.4. The van der Waals surface area contributed by atoms with Gasteiger partial charge in [0.25, 0.3) is 0 Å². The van der Waals surface area contributed by atoms with Gasteiger partial charge in [0.05, 0.1) is 11.1 Å². The fraction of sp³-hybridized carbons (Fsp3) is 0.100. The summed E-state index contributed by atoms with van der Waals surface area (Å²) < 4.78 is 0. The SMILES string of the molecule is CCc1ccc(-c2csc3ncnc(Nc4ccccc4O)c23)cc1. The quantitative estimate of drug-likeness (QED) is 0.487. The Morgan fingerprint density at radius 1 is 1.04 bits per heavy atom. The lowest BCUT2D eigenvalue weighted by Gasteiger charge is -2.10. The summed E-state index contributed by atoms with van der Waals surface area (Å²) in [6, 6.07) is 15.7. The summed E-state index contributed by atoms with van der Waals surface area (Å²) in [5.41, 5.74) is 4.17. The van der Waals surface area contributed by atoms with Crippen LogP contribution >= 0.6 is 11.3 Å². The Balaban J connectivity index is 1.82. The number of nitrogens with one attached hydrogen (secondary N) is 1. The molecule has 4 nitrogen and oxygen atoms in total. The van der Waals surface area contributed by atoms with Gasteiger partial charge in [0.1, 0.15) is 22.7 Å². The number of aromatic hydroxyl groups is 1. The van der Waals surface area contributed by atoms with Gasteiger partial charge in [-0.25, -0.2) is 9.97 Å². The fourth-order valence-corrected chi connectivity index (χ4v) is 3.73. The van der Waals surface area contributed by atoms with E-state index in [1.165, 1.54) is 5.56 Å². The van der Waals surface area contributed by atoms with E-state index in [-0.39, 0.29) is 5.75 Å². The number of phenolic OH excluding ortho intramolecular Hbond substituents is 1.